The van der Waals surface area contributed by atoms with E-state index in [4.69, 9.17) is 0 Å². The van der Waals surface area contributed by atoms with Gasteiger partial charge in [-0.05, 0) is 25.0 Å². The standard InChI is InChI=1S/C18H17F3N4O/c19-18(20,21)8-14(26)25-7-1-2-12(10-25)16-15-11(3-5-22-16)9-24-17-13(15)4-6-23-17/h3-6,9,12H,1-2,7-8,10H2,(H,23,24). The first-order valence-corrected chi connectivity index (χ1v) is 8.47. The van der Waals surface area contributed by atoms with Crippen molar-refractivity contribution in [2.45, 2.75) is 31.4 Å². The fourth-order valence-corrected chi connectivity index (χ4v) is 3.72. The van der Waals surface area contributed by atoms with Gasteiger partial charge in [-0.2, -0.15) is 13.2 Å². The third-order valence-electron chi connectivity index (χ3n) is 4.85. The molecule has 1 unspecified atom stereocenters. The molecule has 0 saturated carbocycles. The Morgan fingerprint density at radius 3 is 2.96 bits per heavy atom. The van der Waals surface area contributed by atoms with Crippen LogP contribution in [0.2, 0.25) is 0 Å². The van der Waals surface area contributed by atoms with E-state index in [1.807, 2.05) is 12.1 Å². The summed E-state index contributed by atoms with van der Waals surface area (Å²) in [7, 11) is 0. The summed E-state index contributed by atoms with van der Waals surface area (Å²) in [5.41, 5.74) is 1.56. The number of nitrogens with one attached hydrogen (secondary N) is 1. The molecule has 0 aromatic carbocycles. The molecule has 0 aliphatic carbocycles. The number of aromatic amines is 1. The number of H-pyrrole nitrogens is 1. The second-order valence-corrected chi connectivity index (χ2v) is 6.63. The molecule has 5 nitrogen and oxygen atoms in total. The minimum atomic E-state index is -4.48. The minimum Gasteiger partial charge on any atom is -0.346 e. The van der Waals surface area contributed by atoms with E-state index in [1.54, 1.807) is 18.6 Å². The van der Waals surface area contributed by atoms with Gasteiger partial charge in [0.1, 0.15) is 12.1 Å². The molecule has 4 rings (SSSR count). The van der Waals surface area contributed by atoms with E-state index in [9.17, 15) is 18.0 Å². The van der Waals surface area contributed by atoms with E-state index in [0.29, 0.717) is 13.0 Å². The van der Waals surface area contributed by atoms with E-state index in [2.05, 4.69) is 15.0 Å². The molecule has 0 radical (unpaired) electrons. The quantitative estimate of drug-likeness (QED) is 0.755. The predicted molar refractivity (Wildman–Crippen MR) is 90.6 cm³/mol. The molecule has 1 aliphatic rings. The number of nitrogens with zero attached hydrogens (tertiary/aromatic N) is 3. The van der Waals surface area contributed by atoms with Crippen molar-refractivity contribution in [1.82, 2.24) is 19.9 Å². The maximum atomic E-state index is 12.6. The Hall–Kier alpha value is -2.64. The average molecular weight is 362 g/mol. The molecular weight excluding hydrogens is 345 g/mol. The molecule has 8 heteroatoms. The van der Waals surface area contributed by atoms with Gasteiger partial charge in [0.15, 0.2) is 0 Å². The number of carbonyl (C=O) groups is 1. The fraction of sp³-hybridized carbons (Fsp3) is 0.389. The van der Waals surface area contributed by atoms with Gasteiger partial charge < -0.3 is 9.88 Å². The molecular formula is C18H17F3N4O. The van der Waals surface area contributed by atoms with Gasteiger partial charge in [0.05, 0.1) is 5.69 Å². The Balaban J connectivity index is 1.69. The van der Waals surface area contributed by atoms with Gasteiger partial charge >= 0.3 is 6.18 Å². The highest BCUT2D eigenvalue weighted by atomic mass is 19.4. The number of amides is 1. The SMILES string of the molecule is O=C(CC(F)(F)F)N1CCCC(c2nccc3cnc4[nH]ccc4c23)C1. The van der Waals surface area contributed by atoms with Crippen LogP contribution in [0.4, 0.5) is 13.2 Å². The van der Waals surface area contributed by atoms with Crippen LogP contribution in [-0.4, -0.2) is 45.0 Å². The largest absolute Gasteiger partial charge is 0.397 e. The third-order valence-corrected chi connectivity index (χ3v) is 4.85. The smallest absolute Gasteiger partial charge is 0.346 e. The first-order valence-electron chi connectivity index (χ1n) is 8.47. The zero-order chi connectivity index (χ0) is 18.3. The Morgan fingerprint density at radius 2 is 2.15 bits per heavy atom. The number of likely N-dealkylation sites (tertiary alicyclic amines) is 1. The van der Waals surface area contributed by atoms with Crippen LogP contribution in [0.1, 0.15) is 30.9 Å². The first-order chi connectivity index (χ1) is 12.4. The van der Waals surface area contributed by atoms with Crippen molar-refractivity contribution >= 4 is 27.7 Å². The van der Waals surface area contributed by atoms with Gasteiger partial charge in [0.2, 0.25) is 5.91 Å². The van der Waals surface area contributed by atoms with Crippen molar-refractivity contribution in [2.75, 3.05) is 13.1 Å². The second-order valence-electron chi connectivity index (χ2n) is 6.63. The summed E-state index contributed by atoms with van der Waals surface area (Å²) in [5, 5.41) is 2.82. The van der Waals surface area contributed by atoms with Gasteiger partial charge in [-0.15, -0.1) is 0 Å². The molecule has 1 aliphatic heterocycles. The van der Waals surface area contributed by atoms with Crippen LogP contribution in [-0.2, 0) is 4.79 Å². The zero-order valence-electron chi connectivity index (χ0n) is 13.9. The number of fused-ring (bicyclic) bond motifs is 3. The number of alkyl halides is 3. The number of pyridine rings is 2. The van der Waals surface area contributed by atoms with Crippen LogP contribution in [0, 0.1) is 0 Å². The number of carbonyl (C=O) groups excluding carboxylic acids is 1. The molecule has 0 bridgehead atoms. The van der Waals surface area contributed by atoms with Crippen LogP contribution >= 0.6 is 0 Å². The van der Waals surface area contributed by atoms with Crippen molar-refractivity contribution in [3.05, 3.63) is 36.4 Å². The number of hydrogen-bond acceptors (Lipinski definition) is 3. The highest BCUT2D eigenvalue weighted by molar-refractivity contribution is 6.05. The predicted octanol–water partition coefficient (Wildman–Crippen LogP) is 3.77. The molecule has 4 heterocycles. The molecule has 0 spiro atoms. The number of halogens is 3. The highest BCUT2D eigenvalue weighted by Gasteiger charge is 2.35. The molecule has 3 aromatic rings. The Bertz CT molecular complexity index is 966. The lowest BCUT2D eigenvalue weighted by Gasteiger charge is -2.33. The topological polar surface area (TPSA) is 61.9 Å². The minimum absolute atomic E-state index is 0.0925. The van der Waals surface area contributed by atoms with Crippen molar-refractivity contribution < 1.29 is 18.0 Å². The Morgan fingerprint density at radius 1 is 1.31 bits per heavy atom. The maximum absolute atomic E-state index is 12.6. The van der Waals surface area contributed by atoms with Crippen LogP contribution in [0.5, 0.6) is 0 Å². The van der Waals surface area contributed by atoms with E-state index in [0.717, 1.165) is 33.9 Å². The monoisotopic (exact) mass is 362 g/mol. The van der Waals surface area contributed by atoms with Crippen molar-refractivity contribution in [1.29, 1.82) is 0 Å². The molecule has 1 amide bonds. The first kappa shape index (κ1) is 16.8. The Kier molecular flexibility index (Phi) is 4.05. The van der Waals surface area contributed by atoms with Gasteiger partial charge in [-0.1, -0.05) is 0 Å². The molecule has 3 aromatic heterocycles. The summed E-state index contributed by atoms with van der Waals surface area (Å²) >= 11 is 0. The van der Waals surface area contributed by atoms with Crippen LogP contribution in [0.3, 0.4) is 0 Å². The average Bonchev–Trinajstić information content (AvgIpc) is 3.09. The molecule has 1 saturated heterocycles. The van der Waals surface area contributed by atoms with Gasteiger partial charge in [-0.25, -0.2) is 4.98 Å². The summed E-state index contributed by atoms with van der Waals surface area (Å²) in [4.78, 5) is 25.3. The second kappa shape index (κ2) is 6.26. The van der Waals surface area contributed by atoms with Crippen LogP contribution in [0.25, 0.3) is 21.8 Å². The lowest BCUT2D eigenvalue weighted by Crippen LogP contribution is -2.41. The van der Waals surface area contributed by atoms with Gasteiger partial charge in [0.25, 0.3) is 0 Å². The fourth-order valence-electron chi connectivity index (χ4n) is 3.72. The number of rotatable bonds is 2. The van der Waals surface area contributed by atoms with Crippen LogP contribution in [0.15, 0.2) is 30.7 Å². The van der Waals surface area contributed by atoms with E-state index in [1.165, 1.54) is 4.90 Å². The summed E-state index contributed by atoms with van der Waals surface area (Å²) in [6.07, 6.45) is 0.806. The molecule has 1 atom stereocenters. The maximum Gasteiger partial charge on any atom is 0.397 e. The molecule has 136 valence electrons. The number of hydrogen-bond donors (Lipinski definition) is 1. The Labute approximate surface area is 147 Å². The number of aromatic nitrogens is 3. The van der Waals surface area contributed by atoms with Gasteiger partial charge in [-0.3, -0.25) is 9.78 Å². The van der Waals surface area contributed by atoms with Gasteiger partial charge in [0, 0.05) is 53.8 Å². The van der Waals surface area contributed by atoms with E-state index in [-0.39, 0.29) is 12.5 Å². The molecule has 26 heavy (non-hydrogen) atoms. The summed E-state index contributed by atoms with van der Waals surface area (Å²) in [5.74, 6) is -0.957. The van der Waals surface area contributed by atoms with Crippen LogP contribution < -0.4 is 0 Å². The van der Waals surface area contributed by atoms with Crippen molar-refractivity contribution in [3.8, 4) is 0 Å². The number of piperidine rings is 1. The lowest BCUT2D eigenvalue weighted by molar-refractivity contribution is -0.162. The molecule has 1 N–H and O–H groups in total. The summed E-state index contributed by atoms with van der Waals surface area (Å²) < 4.78 is 37.7. The summed E-state index contributed by atoms with van der Waals surface area (Å²) in [6.45, 7) is 0.618. The lowest BCUT2D eigenvalue weighted by atomic mass is 9.90. The molecule has 1 fully saturated rings. The van der Waals surface area contributed by atoms with E-state index >= 15 is 0 Å². The normalized spacial score (nSPS) is 18.6. The third kappa shape index (κ3) is 3.11. The zero-order valence-corrected chi connectivity index (χ0v) is 13.9. The van der Waals surface area contributed by atoms with E-state index < -0.39 is 18.5 Å². The van der Waals surface area contributed by atoms with Crippen molar-refractivity contribution in [3.63, 3.8) is 0 Å². The highest BCUT2D eigenvalue weighted by Crippen LogP contribution is 2.34. The summed E-state index contributed by atoms with van der Waals surface area (Å²) in [6, 6.07) is 3.79. The van der Waals surface area contributed by atoms with Crippen molar-refractivity contribution in [2.24, 2.45) is 0 Å².